The lowest BCUT2D eigenvalue weighted by molar-refractivity contribution is 0.253. The molecule has 190 valence electrons. The van der Waals surface area contributed by atoms with E-state index in [4.69, 9.17) is 10.1 Å². The van der Waals surface area contributed by atoms with E-state index in [2.05, 4.69) is 88.6 Å². The monoisotopic (exact) mass is 494 g/mol. The van der Waals surface area contributed by atoms with Gasteiger partial charge >= 0.3 is 0 Å². The predicted molar refractivity (Wildman–Crippen MR) is 147 cm³/mol. The second-order valence-electron chi connectivity index (χ2n) is 10.5. The third kappa shape index (κ3) is 4.81. The van der Waals surface area contributed by atoms with Gasteiger partial charge in [0.15, 0.2) is 11.6 Å². The first-order valence-electron chi connectivity index (χ1n) is 13.2. The van der Waals surface area contributed by atoms with Crippen LogP contribution in [0.2, 0.25) is 0 Å². The van der Waals surface area contributed by atoms with Crippen molar-refractivity contribution in [3.05, 3.63) is 78.0 Å². The number of piperidine rings is 1. The molecule has 6 rings (SSSR count). The lowest BCUT2D eigenvalue weighted by atomic mass is 9.94. The number of hydrogen-bond donors (Lipinski definition) is 1. The molecule has 1 aromatic carbocycles. The Hall–Kier alpha value is -3.78. The van der Waals surface area contributed by atoms with E-state index in [9.17, 15) is 0 Å². The van der Waals surface area contributed by atoms with Gasteiger partial charge in [0.2, 0.25) is 0 Å². The number of nitrogens with zero attached hydrogens (tertiary/aromatic N) is 7. The summed E-state index contributed by atoms with van der Waals surface area (Å²) >= 11 is 0. The molecule has 4 aromatic rings. The summed E-state index contributed by atoms with van der Waals surface area (Å²) in [6.45, 7) is 8.06. The molecule has 0 spiro atoms. The van der Waals surface area contributed by atoms with Gasteiger partial charge in [-0.2, -0.15) is 5.10 Å². The highest BCUT2D eigenvalue weighted by molar-refractivity contribution is 5.73. The number of pyridine rings is 1. The van der Waals surface area contributed by atoms with Gasteiger partial charge in [-0.3, -0.25) is 4.98 Å². The number of benzene rings is 1. The summed E-state index contributed by atoms with van der Waals surface area (Å²) in [5.74, 6) is 2.52. The molecule has 8 nitrogen and oxygen atoms in total. The standard InChI is InChI=1S/C29H34N8/c1-20(2)27-24(5-4-13-30-27)28-31-17-26-29(33-28)36(19-32-26)18-21-6-8-23(9-7-21)37-16-12-25(34-37)22-10-14-35(3)15-11-22/h4-9,12-13,16-17,20,22,32H,10-11,14-15,18-19H2,1-3H3. The van der Waals surface area contributed by atoms with Crippen molar-refractivity contribution in [2.24, 2.45) is 0 Å². The lowest BCUT2D eigenvalue weighted by Gasteiger charge is -2.27. The van der Waals surface area contributed by atoms with Crippen LogP contribution < -0.4 is 10.2 Å². The van der Waals surface area contributed by atoms with E-state index in [1.165, 1.54) is 24.1 Å². The van der Waals surface area contributed by atoms with Crippen LogP contribution in [0.25, 0.3) is 17.1 Å². The van der Waals surface area contributed by atoms with Crippen molar-refractivity contribution in [1.29, 1.82) is 0 Å². The van der Waals surface area contributed by atoms with E-state index in [1.54, 1.807) is 0 Å². The summed E-state index contributed by atoms with van der Waals surface area (Å²) in [6.07, 6.45) is 8.18. The highest BCUT2D eigenvalue weighted by Gasteiger charge is 2.23. The average molecular weight is 495 g/mol. The molecule has 37 heavy (non-hydrogen) atoms. The summed E-state index contributed by atoms with van der Waals surface area (Å²) in [7, 11) is 2.20. The predicted octanol–water partition coefficient (Wildman–Crippen LogP) is 5.05. The first kappa shape index (κ1) is 23.6. The zero-order chi connectivity index (χ0) is 25.4. The highest BCUT2D eigenvalue weighted by atomic mass is 15.3. The van der Waals surface area contributed by atoms with E-state index in [0.29, 0.717) is 18.5 Å². The molecule has 0 saturated carbocycles. The molecule has 0 bridgehead atoms. The average Bonchev–Trinajstić information content (AvgIpc) is 3.57. The summed E-state index contributed by atoms with van der Waals surface area (Å²) in [5.41, 5.74) is 6.51. The number of aromatic nitrogens is 5. The van der Waals surface area contributed by atoms with Crippen LogP contribution in [-0.4, -0.2) is 56.4 Å². The van der Waals surface area contributed by atoms with E-state index < -0.39 is 0 Å². The number of likely N-dealkylation sites (tertiary alicyclic amines) is 1. The minimum Gasteiger partial charge on any atom is -0.363 e. The number of anilines is 2. The van der Waals surface area contributed by atoms with Crippen molar-refractivity contribution in [2.45, 2.75) is 45.1 Å². The van der Waals surface area contributed by atoms with Crippen molar-refractivity contribution in [1.82, 2.24) is 29.6 Å². The minimum absolute atomic E-state index is 0.302. The van der Waals surface area contributed by atoms with Crippen molar-refractivity contribution < 1.29 is 0 Å². The number of nitrogens with one attached hydrogen (secondary N) is 1. The summed E-state index contributed by atoms with van der Waals surface area (Å²) in [4.78, 5) is 18.8. The van der Waals surface area contributed by atoms with Gasteiger partial charge < -0.3 is 15.1 Å². The largest absolute Gasteiger partial charge is 0.363 e. The maximum atomic E-state index is 4.96. The Morgan fingerprint density at radius 3 is 2.62 bits per heavy atom. The molecule has 3 aromatic heterocycles. The molecule has 0 unspecified atom stereocenters. The third-order valence-corrected chi connectivity index (χ3v) is 7.48. The maximum absolute atomic E-state index is 4.96. The van der Waals surface area contributed by atoms with Crippen LogP contribution in [0.15, 0.2) is 61.1 Å². The maximum Gasteiger partial charge on any atom is 0.163 e. The Morgan fingerprint density at radius 1 is 1.03 bits per heavy atom. The molecule has 8 heteroatoms. The molecular weight excluding hydrogens is 460 g/mol. The van der Waals surface area contributed by atoms with Gasteiger partial charge in [0.05, 0.1) is 35.6 Å². The van der Waals surface area contributed by atoms with Crippen molar-refractivity contribution in [3.63, 3.8) is 0 Å². The van der Waals surface area contributed by atoms with E-state index in [-0.39, 0.29) is 0 Å². The fraction of sp³-hybridized carbons (Fsp3) is 0.379. The Balaban J connectivity index is 1.17. The second-order valence-corrected chi connectivity index (χ2v) is 10.5. The highest BCUT2D eigenvalue weighted by Crippen LogP contribution is 2.33. The van der Waals surface area contributed by atoms with Crippen LogP contribution in [0, 0.1) is 0 Å². The molecule has 0 radical (unpaired) electrons. The Kier molecular flexibility index (Phi) is 6.34. The SMILES string of the molecule is CC(C)c1ncccc1-c1ncc2c(n1)N(Cc1ccc(-n3ccc(C4CCN(C)CC4)n3)cc1)CN2. The van der Waals surface area contributed by atoms with Gasteiger partial charge in [-0.15, -0.1) is 0 Å². The van der Waals surface area contributed by atoms with Gasteiger partial charge in [0, 0.05) is 30.4 Å². The Labute approximate surface area is 218 Å². The molecule has 1 fully saturated rings. The molecule has 1 N–H and O–H groups in total. The van der Waals surface area contributed by atoms with Crippen LogP contribution in [0.1, 0.15) is 55.5 Å². The summed E-state index contributed by atoms with van der Waals surface area (Å²) in [6, 6.07) is 14.9. The van der Waals surface area contributed by atoms with Crippen LogP contribution in [0.3, 0.4) is 0 Å². The van der Waals surface area contributed by atoms with E-state index in [0.717, 1.165) is 53.9 Å². The first-order valence-corrected chi connectivity index (χ1v) is 13.2. The Bertz CT molecular complexity index is 1370. The number of hydrogen-bond acceptors (Lipinski definition) is 7. The molecule has 2 aliphatic rings. The van der Waals surface area contributed by atoms with Gasteiger partial charge in [-0.25, -0.2) is 14.6 Å². The molecule has 1 saturated heterocycles. The van der Waals surface area contributed by atoms with Gasteiger partial charge in [0.1, 0.15) is 0 Å². The van der Waals surface area contributed by atoms with Gasteiger partial charge in [-0.1, -0.05) is 26.0 Å². The van der Waals surface area contributed by atoms with Crippen molar-refractivity contribution in [2.75, 3.05) is 37.0 Å². The van der Waals surface area contributed by atoms with E-state index in [1.807, 2.05) is 23.1 Å². The van der Waals surface area contributed by atoms with Gasteiger partial charge in [-0.05, 0) is 74.8 Å². The molecule has 0 amide bonds. The second kappa shape index (κ2) is 9.94. The fourth-order valence-corrected chi connectivity index (χ4v) is 5.30. The zero-order valence-electron chi connectivity index (χ0n) is 21.8. The topological polar surface area (TPSA) is 75.0 Å². The molecular formula is C29H34N8. The normalized spacial score (nSPS) is 16.3. The fourth-order valence-electron chi connectivity index (χ4n) is 5.30. The van der Waals surface area contributed by atoms with Crippen LogP contribution in [0.4, 0.5) is 11.5 Å². The van der Waals surface area contributed by atoms with Crippen molar-refractivity contribution >= 4 is 11.5 Å². The molecule has 2 aliphatic heterocycles. The zero-order valence-corrected chi connectivity index (χ0v) is 21.8. The first-order chi connectivity index (χ1) is 18.0. The smallest absolute Gasteiger partial charge is 0.163 e. The third-order valence-electron chi connectivity index (χ3n) is 7.48. The summed E-state index contributed by atoms with van der Waals surface area (Å²) in [5, 5.41) is 8.33. The Morgan fingerprint density at radius 2 is 1.84 bits per heavy atom. The summed E-state index contributed by atoms with van der Waals surface area (Å²) < 4.78 is 2.00. The van der Waals surface area contributed by atoms with E-state index >= 15 is 0 Å². The van der Waals surface area contributed by atoms with Crippen LogP contribution in [-0.2, 0) is 6.54 Å². The molecule has 0 atom stereocenters. The van der Waals surface area contributed by atoms with Crippen LogP contribution >= 0.6 is 0 Å². The van der Waals surface area contributed by atoms with Crippen LogP contribution in [0.5, 0.6) is 0 Å². The minimum atomic E-state index is 0.302. The molecule has 5 heterocycles. The van der Waals surface area contributed by atoms with Crippen molar-refractivity contribution in [3.8, 4) is 17.1 Å². The molecule has 0 aliphatic carbocycles. The number of fused-ring (bicyclic) bond motifs is 1. The lowest BCUT2D eigenvalue weighted by Crippen LogP contribution is -2.29. The number of rotatable bonds is 6. The van der Waals surface area contributed by atoms with Gasteiger partial charge in [0.25, 0.3) is 0 Å². The quantitative estimate of drug-likeness (QED) is 0.402.